The van der Waals surface area contributed by atoms with E-state index in [1.54, 1.807) is 4.90 Å². The van der Waals surface area contributed by atoms with Crippen molar-refractivity contribution in [2.24, 2.45) is 5.73 Å². The molecule has 0 aliphatic carbocycles. The van der Waals surface area contributed by atoms with Crippen molar-refractivity contribution in [1.29, 1.82) is 0 Å². The van der Waals surface area contributed by atoms with E-state index < -0.39 is 5.91 Å². The number of carbonyl (C=O) groups is 2. The van der Waals surface area contributed by atoms with E-state index in [0.717, 1.165) is 38.8 Å². The zero-order valence-electron chi connectivity index (χ0n) is 12.9. The lowest BCUT2D eigenvalue weighted by atomic mass is 10.1. The first-order valence-electron chi connectivity index (χ1n) is 7.72. The Kier molecular flexibility index (Phi) is 11.6. The van der Waals surface area contributed by atoms with Gasteiger partial charge in [0.15, 0.2) is 0 Å². The number of primary amides is 1. The molecule has 0 atom stereocenters. The van der Waals surface area contributed by atoms with Crippen LogP contribution in [-0.2, 0) is 9.59 Å². The SMILES string of the molecule is CCCCCCN(CCCCCC)C(=O)C#CC(N)=O. The summed E-state index contributed by atoms with van der Waals surface area (Å²) in [6.45, 7) is 5.76. The van der Waals surface area contributed by atoms with Gasteiger partial charge in [-0.15, -0.1) is 0 Å². The average molecular weight is 280 g/mol. The van der Waals surface area contributed by atoms with E-state index >= 15 is 0 Å². The van der Waals surface area contributed by atoms with Gasteiger partial charge in [0.1, 0.15) is 0 Å². The molecular weight excluding hydrogens is 252 g/mol. The Hall–Kier alpha value is -1.50. The van der Waals surface area contributed by atoms with Crippen LogP contribution >= 0.6 is 0 Å². The van der Waals surface area contributed by atoms with Gasteiger partial charge in [0, 0.05) is 24.9 Å². The van der Waals surface area contributed by atoms with Gasteiger partial charge in [-0.25, -0.2) is 0 Å². The largest absolute Gasteiger partial charge is 0.359 e. The standard InChI is InChI=1S/C16H28N2O2/c1-3-5-7-9-13-18(14-10-8-6-4-2)16(20)12-11-15(17)19/h3-10,13-14H2,1-2H3,(H2,17,19). The van der Waals surface area contributed by atoms with E-state index in [0.29, 0.717) is 0 Å². The van der Waals surface area contributed by atoms with Gasteiger partial charge < -0.3 is 10.6 Å². The van der Waals surface area contributed by atoms with Gasteiger partial charge in [-0.05, 0) is 12.8 Å². The minimum Gasteiger partial charge on any atom is -0.359 e. The van der Waals surface area contributed by atoms with Gasteiger partial charge in [-0.3, -0.25) is 9.59 Å². The van der Waals surface area contributed by atoms with Crippen LogP contribution in [-0.4, -0.2) is 29.8 Å². The van der Waals surface area contributed by atoms with Gasteiger partial charge in [0.25, 0.3) is 11.8 Å². The molecule has 0 rings (SSSR count). The van der Waals surface area contributed by atoms with E-state index in [1.807, 2.05) is 0 Å². The van der Waals surface area contributed by atoms with Crippen LogP contribution in [0.3, 0.4) is 0 Å². The van der Waals surface area contributed by atoms with Crippen LogP contribution in [0.15, 0.2) is 0 Å². The number of nitrogens with two attached hydrogens (primary N) is 1. The highest BCUT2D eigenvalue weighted by Crippen LogP contribution is 2.05. The van der Waals surface area contributed by atoms with Crippen molar-refractivity contribution in [2.45, 2.75) is 65.2 Å². The summed E-state index contributed by atoms with van der Waals surface area (Å²) in [5, 5.41) is 0. The minimum atomic E-state index is -0.754. The fourth-order valence-electron chi connectivity index (χ4n) is 1.97. The molecule has 20 heavy (non-hydrogen) atoms. The summed E-state index contributed by atoms with van der Waals surface area (Å²) in [6.07, 6.45) is 8.95. The molecule has 4 heteroatoms. The van der Waals surface area contributed by atoms with Crippen molar-refractivity contribution >= 4 is 11.8 Å². The normalized spacial score (nSPS) is 9.70. The van der Waals surface area contributed by atoms with Crippen molar-refractivity contribution in [3.63, 3.8) is 0 Å². The Labute approximate surface area is 123 Å². The Morgan fingerprint density at radius 2 is 1.35 bits per heavy atom. The van der Waals surface area contributed by atoms with Crippen LogP contribution in [0, 0.1) is 11.8 Å². The predicted octanol–water partition coefficient (Wildman–Crippen LogP) is 2.46. The zero-order valence-corrected chi connectivity index (χ0v) is 12.9. The van der Waals surface area contributed by atoms with E-state index in [2.05, 4.69) is 25.7 Å². The molecular formula is C16H28N2O2. The summed E-state index contributed by atoms with van der Waals surface area (Å²) in [7, 11) is 0. The molecule has 2 N–H and O–H groups in total. The third-order valence-corrected chi connectivity index (χ3v) is 3.14. The summed E-state index contributed by atoms with van der Waals surface area (Å²) in [4.78, 5) is 24.3. The number of nitrogens with zero attached hydrogens (tertiary/aromatic N) is 1. The Balaban J connectivity index is 4.26. The van der Waals surface area contributed by atoms with Crippen LogP contribution < -0.4 is 5.73 Å². The Morgan fingerprint density at radius 1 is 0.850 bits per heavy atom. The van der Waals surface area contributed by atoms with Crippen LogP contribution in [0.1, 0.15) is 65.2 Å². The highest BCUT2D eigenvalue weighted by Gasteiger charge is 2.10. The highest BCUT2D eigenvalue weighted by molar-refractivity contribution is 6.02. The van der Waals surface area contributed by atoms with Crippen molar-refractivity contribution < 1.29 is 9.59 Å². The van der Waals surface area contributed by atoms with Gasteiger partial charge in [0.2, 0.25) is 0 Å². The Morgan fingerprint density at radius 3 is 1.75 bits per heavy atom. The minimum absolute atomic E-state index is 0.281. The number of unbranched alkanes of at least 4 members (excludes halogenated alkanes) is 6. The second-order valence-corrected chi connectivity index (χ2v) is 5.03. The zero-order chi connectivity index (χ0) is 15.2. The van der Waals surface area contributed by atoms with Gasteiger partial charge in [-0.1, -0.05) is 52.4 Å². The fourth-order valence-corrected chi connectivity index (χ4v) is 1.97. The smallest absolute Gasteiger partial charge is 0.298 e. The first-order chi connectivity index (χ1) is 9.61. The van der Waals surface area contributed by atoms with Crippen molar-refractivity contribution in [3.05, 3.63) is 0 Å². The van der Waals surface area contributed by atoms with Crippen LogP contribution in [0.5, 0.6) is 0 Å². The third kappa shape index (κ3) is 10.4. The molecule has 0 aromatic heterocycles. The van der Waals surface area contributed by atoms with Crippen molar-refractivity contribution in [3.8, 4) is 11.8 Å². The molecule has 0 fully saturated rings. The number of hydrogen-bond donors (Lipinski definition) is 1. The molecule has 0 bridgehead atoms. The van der Waals surface area contributed by atoms with Gasteiger partial charge >= 0.3 is 0 Å². The van der Waals surface area contributed by atoms with E-state index in [-0.39, 0.29) is 5.91 Å². The number of hydrogen-bond acceptors (Lipinski definition) is 2. The monoisotopic (exact) mass is 280 g/mol. The maximum absolute atomic E-state index is 11.9. The molecule has 0 aromatic carbocycles. The maximum Gasteiger partial charge on any atom is 0.298 e. The summed E-state index contributed by atoms with van der Waals surface area (Å²) >= 11 is 0. The summed E-state index contributed by atoms with van der Waals surface area (Å²) in [5.41, 5.74) is 4.94. The molecule has 0 spiro atoms. The maximum atomic E-state index is 11.9. The van der Waals surface area contributed by atoms with Crippen LogP contribution in [0.25, 0.3) is 0 Å². The predicted molar refractivity (Wildman–Crippen MR) is 81.8 cm³/mol. The van der Waals surface area contributed by atoms with Gasteiger partial charge in [0.05, 0.1) is 0 Å². The third-order valence-electron chi connectivity index (χ3n) is 3.14. The molecule has 0 saturated carbocycles. The lowest BCUT2D eigenvalue weighted by molar-refractivity contribution is -0.125. The number of rotatable bonds is 10. The summed E-state index contributed by atoms with van der Waals surface area (Å²) < 4.78 is 0. The highest BCUT2D eigenvalue weighted by atomic mass is 16.2. The molecule has 2 amide bonds. The molecule has 114 valence electrons. The lowest BCUT2D eigenvalue weighted by Crippen LogP contribution is -2.32. The lowest BCUT2D eigenvalue weighted by Gasteiger charge is -2.20. The summed E-state index contributed by atoms with van der Waals surface area (Å²) in [6, 6.07) is 0. The molecule has 0 radical (unpaired) electrons. The first-order valence-corrected chi connectivity index (χ1v) is 7.72. The molecule has 0 unspecified atom stereocenters. The first kappa shape index (κ1) is 18.5. The second kappa shape index (κ2) is 12.5. The molecule has 0 aromatic rings. The van der Waals surface area contributed by atoms with E-state index in [1.165, 1.54) is 25.7 Å². The van der Waals surface area contributed by atoms with Crippen molar-refractivity contribution in [2.75, 3.05) is 13.1 Å². The number of amides is 2. The van der Waals surface area contributed by atoms with Crippen LogP contribution in [0.2, 0.25) is 0 Å². The Bertz CT molecular complexity index is 330. The van der Waals surface area contributed by atoms with Crippen LogP contribution in [0.4, 0.5) is 0 Å². The molecule has 0 aliphatic heterocycles. The average Bonchev–Trinajstić information content (AvgIpc) is 2.43. The quantitative estimate of drug-likeness (QED) is 0.493. The van der Waals surface area contributed by atoms with Gasteiger partial charge in [-0.2, -0.15) is 0 Å². The van der Waals surface area contributed by atoms with Crippen molar-refractivity contribution in [1.82, 2.24) is 4.90 Å². The molecule has 0 aliphatic rings. The second-order valence-electron chi connectivity index (χ2n) is 5.03. The topological polar surface area (TPSA) is 63.4 Å². The number of carbonyl (C=O) groups excluding carboxylic acids is 2. The molecule has 4 nitrogen and oxygen atoms in total. The molecule has 0 saturated heterocycles. The molecule has 0 heterocycles. The van der Waals surface area contributed by atoms with E-state index in [4.69, 9.17) is 5.73 Å². The van der Waals surface area contributed by atoms with E-state index in [9.17, 15) is 9.59 Å². The summed E-state index contributed by atoms with van der Waals surface area (Å²) in [5.74, 6) is 3.42. The fraction of sp³-hybridized carbons (Fsp3) is 0.750.